The Morgan fingerprint density at radius 3 is 2.67 bits per heavy atom. The highest BCUT2D eigenvalue weighted by Gasteiger charge is 2.20. The number of likely N-dealkylation sites (tertiary alicyclic amines) is 1. The fourth-order valence-electron chi connectivity index (χ4n) is 2.08. The van der Waals surface area contributed by atoms with Gasteiger partial charge in [-0.25, -0.2) is 4.79 Å². The van der Waals surface area contributed by atoms with Crippen molar-refractivity contribution in [3.8, 4) is 5.75 Å². The van der Waals surface area contributed by atoms with E-state index in [-0.39, 0.29) is 6.10 Å². The van der Waals surface area contributed by atoms with Gasteiger partial charge in [-0.2, -0.15) is 0 Å². The van der Waals surface area contributed by atoms with Crippen LogP contribution in [-0.4, -0.2) is 35.3 Å². The fourth-order valence-corrected chi connectivity index (χ4v) is 2.34. The summed E-state index contributed by atoms with van der Waals surface area (Å²) in [5, 5.41) is 8.95. The van der Waals surface area contributed by atoms with Gasteiger partial charge in [0.2, 0.25) is 0 Å². The number of hydrogen-bond donors (Lipinski definition) is 1. The van der Waals surface area contributed by atoms with Gasteiger partial charge >= 0.3 is 6.09 Å². The highest BCUT2D eigenvalue weighted by Crippen LogP contribution is 2.21. The van der Waals surface area contributed by atoms with E-state index in [4.69, 9.17) is 9.84 Å². The number of rotatable bonds is 2. The van der Waals surface area contributed by atoms with E-state index in [1.165, 1.54) is 4.90 Å². The van der Waals surface area contributed by atoms with Gasteiger partial charge in [0.1, 0.15) is 11.9 Å². The van der Waals surface area contributed by atoms with E-state index in [1.807, 2.05) is 24.3 Å². The van der Waals surface area contributed by atoms with Crippen LogP contribution in [0.1, 0.15) is 19.3 Å². The van der Waals surface area contributed by atoms with Gasteiger partial charge in [0.05, 0.1) is 0 Å². The number of carbonyl (C=O) groups is 1. The quantitative estimate of drug-likeness (QED) is 0.910. The van der Waals surface area contributed by atoms with Gasteiger partial charge in [-0.05, 0) is 37.1 Å². The SMILES string of the molecule is O=C(O)N1CCCC(Oc2ccc(Br)cc2)CC1. The smallest absolute Gasteiger partial charge is 0.407 e. The van der Waals surface area contributed by atoms with E-state index in [9.17, 15) is 4.79 Å². The molecule has 0 aliphatic carbocycles. The van der Waals surface area contributed by atoms with Crippen molar-refractivity contribution in [3.63, 3.8) is 0 Å². The molecular formula is C13H16BrNO3. The van der Waals surface area contributed by atoms with Crippen LogP contribution in [0.4, 0.5) is 4.79 Å². The summed E-state index contributed by atoms with van der Waals surface area (Å²) in [4.78, 5) is 12.4. The number of ether oxygens (including phenoxy) is 1. The van der Waals surface area contributed by atoms with E-state index in [0.29, 0.717) is 13.1 Å². The molecule has 1 aromatic rings. The van der Waals surface area contributed by atoms with Gasteiger partial charge in [0.15, 0.2) is 0 Å². The lowest BCUT2D eigenvalue weighted by atomic mass is 10.1. The molecule has 0 saturated carbocycles. The Hall–Kier alpha value is -1.23. The zero-order valence-corrected chi connectivity index (χ0v) is 11.6. The number of carboxylic acid groups (broad SMARTS) is 1. The molecule has 0 bridgehead atoms. The third-order valence-corrected chi connectivity index (χ3v) is 3.59. The van der Waals surface area contributed by atoms with Crippen LogP contribution in [0.2, 0.25) is 0 Å². The summed E-state index contributed by atoms with van der Waals surface area (Å²) in [7, 11) is 0. The second-order valence-electron chi connectivity index (χ2n) is 4.39. The average Bonchev–Trinajstić information content (AvgIpc) is 2.58. The van der Waals surface area contributed by atoms with Gasteiger partial charge in [-0.15, -0.1) is 0 Å². The highest BCUT2D eigenvalue weighted by molar-refractivity contribution is 9.10. The summed E-state index contributed by atoms with van der Waals surface area (Å²) in [5.74, 6) is 0.840. The van der Waals surface area contributed by atoms with Crippen LogP contribution in [-0.2, 0) is 0 Å². The zero-order valence-electron chi connectivity index (χ0n) is 10.0. The maximum absolute atomic E-state index is 10.9. The molecule has 18 heavy (non-hydrogen) atoms. The van der Waals surface area contributed by atoms with Crippen molar-refractivity contribution in [1.29, 1.82) is 0 Å². The van der Waals surface area contributed by atoms with Crippen LogP contribution in [0.25, 0.3) is 0 Å². The van der Waals surface area contributed by atoms with Crippen molar-refractivity contribution < 1.29 is 14.6 Å². The first-order valence-corrected chi connectivity index (χ1v) is 6.84. The minimum Gasteiger partial charge on any atom is -0.490 e. The topological polar surface area (TPSA) is 49.8 Å². The number of halogens is 1. The maximum atomic E-state index is 10.9. The molecule has 0 radical (unpaired) electrons. The van der Waals surface area contributed by atoms with Gasteiger partial charge in [0, 0.05) is 24.0 Å². The van der Waals surface area contributed by atoms with Crippen molar-refractivity contribution >= 4 is 22.0 Å². The van der Waals surface area contributed by atoms with E-state index < -0.39 is 6.09 Å². The number of benzene rings is 1. The van der Waals surface area contributed by atoms with Crippen molar-refractivity contribution in [3.05, 3.63) is 28.7 Å². The minimum absolute atomic E-state index is 0.107. The summed E-state index contributed by atoms with van der Waals surface area (Å²) in [6.45, 7) is 1.16. The highest BCUT2D eigenvalue weighted by atomic mass is 79.9. The van der Waals surface area contributed by atoms with Crippen molar-refractivity contribution in [2.75, 3.05) is 13.1 Å². The van der Waals surface area contributed by atoms with E-state index in [0.717, 1.165) is 29.5 Å². The summed E-state index contributed by atoms with van der Waals surface area (Å²) >= 11 is 3.38. The second kappa shape index (κ2) is 6.09. The molecule has 0 aromatic heterocycles. The number of nitrogens with zero attached hydrogens (tertiary/aromatic N) is 1. The summed E-state index contributed by atoms with van der Waals surface area (Å²) in [6, 6.07) is 7.72. The molecule has 1 saturated heterocycles. The molecule has 0 spiro atoms. The first-order chi connectivity index (χ1) is 8.65. The van der Waals surface area contributed by atoms with Crippen molar-refractivity contribution in [2.24, 2.45) is 0 Å². The van der Waals surface area contributed by atoms with Crippen LogP contribution < -0.4 is 4.74 Å². The van der Waals surface area contributed by atoms with Crippen LogP contribution >= 0.6 is 15.9 Å². The number of hydrogen-bond acceptors (Lipinski definition) is 2. The first kappa shape index (κ1) is 13.2. The average molecular weight is 314 g/mol. The predicted molar refractivity (Wildman–Crippen MR) is 72.0 cm³/mol. The third kappa shape index (κ3) is 3.63. The van der Waals surface area contributed by atoms with E-state index >= 15 is 0 Å². The van der Waals surface area contributed by atoms with E-state index in [1.54, 1.807) is 0 Å². The Kier molecular flexibility index (Phi) is 4.47. The van der Waals surface area contributed by atoms with Gasteiger partial charge in [-0.1, -0.05) is 15.9 Å². The predicted octanol–water partition coefficient (Wildman–Crippen LogP) is 3.36. The van der Waals surface area contributed by atoms with Crippen LogP contribution in [0.3, 0.4) is 0 Å². The van der Waals surface area contributed by atoms with Crippen molar-refractivity contribution in [2.45, 2.75) is 25.4 Å². The standard InChI is InChI=1S/C13H16BrNO3/c14-10-3-5-12(6-4-10)18-11-2-1-8-15(9-7-11)13(16)17/h3-6,11H,1-2,7-9H2,(H,16,17). The molecule has 1 heterocycles. The maximum Gasteiger partial charge on any atom is 0.407 e. The first-order valence-electron chi connectivity index (χ1n) is 6.05. The largest absolute Gasteiger partial charge is 0.490 e. The Labute approximate surface area is 115 Å². The van der Waals surface area contributed by atoms with Crippen LogP contribution in [0.5, 0.6) is 5.75 Å². The Morgan fingerprint density at radius 1 is 1.28 bits per heavy atom. The molecule has 1 fully saturated rings. The molecule has 1 unspecified atom stereocenters. The lowest BCUT2D eigenvalue weighted by Gasteiger charge is -2.18. The Bertz CT molecular complexity index is 407. The molecule has 1 atom stereocenters. The van der Waals surface area contributed by atoms with Crippen LogP contribution in [0.15, 0.2) is 28.7 Å². The fraction of sp³-hybridized carbons (Fsp3) is 0.462. The lowest BCUT2D eigenvalue weighted by molar-refractivity contribution is 0.142. The van der Waals surface area contributed by atoms with Crippen molar-refractivity contribution in [1.82, 2.24) is 4.90 Å². The molecule has 1 N–H and O–H groups in total. The summed E-state index contributed by atoms with van der Waals surface area (Å²) in [6.07, 6.45) is 1.78. The zero-order chi connectivity index (χ0) is 13.0. The Balaban J connectivity index is 1.90. The normalized spacial score (nSPS) is 20.3. The van der Waals surface area contributed by atoms with Gasteiger partial charge < -0.3 is 14.7 Å². The van der Waals surface area contributed by atoms with Gasteiger partial charge in [0.25, 0.3) is 0 Å². The number of amides is 1. The molecular weight excluding hydrogens is 298 g/mol. The molecule has 2 rings (SSSR count). The summed E-state index contributed by atoms with van der Waals surface area (Å²) in [5.41, 5.74) is 0. The molecule has 5 heteroatoms. The molecule has 4 nitrogen and oxygen atoms in total. The molecule has 1 aliphatic heterocycles. The van der Waals surface area contributed by atoms with E-state index in [2.05, 4.69) is 15.9 Å². The molecule has 1 aliphatic rings. The monoisotopic (exact) mass is 313 g/mol. The minimum atomic E-state index is -0.834. The lowest BCUT2D eigenvalue weighted by Crippen LogP contribution is -2.30. The Morgan fingerprint density at radius 2 is 2.00 bits per heavy atom. The summed E-state index contributed by atoms with van der Waals surface area (Å²) < 4.78 is 6.90. The third-order valence-electron chi connectivity index (χ3n) is 3.06. The van der Waals surface area contributed by atoms with Gasteiger partial charge in [-0.3, -0.25) is 0 Å². The molecule has 1 aromatic carbocycles. The van der Waals surface area contributed by atoms with Crippen LogP contribution in [0, 0.1) is 0 Å². The molecule has 98 valence electrons. The second-order valence-corrected chi connectivity index (χ2v) is 5.31. The molecule has 1 amide bonds.